The highest BCUT2D eigenvalue weighted by Gasteiger charge is 2.02. The third-order valence-electron chi connectivity index (χ3n) is 3.13. The predicted octanol–water partition coefficient (Wildman–Crippen LogP) is 2.57. The van der Waals surface area contributed by atoms with Gasteiger partial charge in [0.05, 0.1) is 0 Å². The van der Waals surface area contributed by atoms with Crippen molar-refractivity contribution in [2.24, 2.45) is 7.05 Å². The van der Waals surface area contributed by atoms with Gasteiger partial charge in [-0.3, -0.25) is 0 Å². The van der Waals surface area contributed by atoms with Crippen molar-refractivity contribution < 1.29 is 0 Å². The molecule has 2 rings (SSSR count). The van der Waals surface area contributed by atoms with Crippen LogP contribution >= 0.6 is 0 Å². The number of rotatable bonds is 5. The Labute approximate surface area is 120 Å². The molecule has 1 aromatic carbocycles. The van der Waals surface area contributed by atoms with Crippen LogP contribution < -0.4 is 5.32 Å². The van der Waals surface area contributed by atoms with Crippen LogP contribution in [0.25, 0.3) is 0 Å². The number of nitriles is 1. The highest BCUT2D eigenvalue weighted by Crippen LogP contribution is 2.13. The van der Waals surface area contributed by atoms with Gasteiger partial charge in [0.1, 0.15) is 11.8 Å². The number of aromatic nitrogens is 1. The highest BCUT2D eigenvalue weighted by molar-refractivity contribution is 5.45. The van der Waals surface area contributed by atoms with E-state index >= 15 is 0 Å². The zero-order chi connectivity index (χ0) is 14.5. The maximum absolute atomic E-state index is 8.92. The summed E-state index contributed by atoms with van der Waals surface area (Å²) in [6, 6.07) is 12.5. The summed E-state index contributed by atoms with van der Waals surface area (Å²) in [7, 11) is 6.01. The molecule has 0 fully saturated rings. The van der Waals surface area contributed by atoms with Crippen molar-refractivity contribution in [1.29, 1.82) is 5.26 Å². The van der Waals surface area contributed by atoms with Crippen molar-refractivity contribution >= 4 is 5.69 Å². The minimum absolute atomic E-state index is 0.683. The third-order valence-corrected chi connectivity index (χ3v) is 3.13. The van der Waals surface area contributed by atoms with Crippen LogP contribution in [0.15, 0.2) is 36.5 Å². The van der Waals surface area contributed by atoms with Crippen molar-refractivity contribution in [3.05, 3.63) is 53.3 Å². The number of aryl methyl sites for hydroxylation is 1. The van der Waals surface area contributed by atoms with Gasteiger partial charge in [-0.25, -0.2) is 0 Å². The van der Waals surface area contributed by atoms with Gasteiger partial charge in [-0.2, -0.15) is 5.26 Å². The largest absolute Gasteiger partial charge is 0.381 e. The quantitative estimate of drug-likeness (QED) is 0.906. The first-order chi connectivity index (χ1) is 9.58. The highest BCUT2D eigenvalue weighted by atomic mass is 15.0. The second-order valence-corrected chi connectivity index (χ2v) is 5.24. The number of nitrogens with zero attached hydrogens (tertiary/aromatic N) is 3. The van der Waals surface area contributed by atoms with Crippen molar-refractivity contribution in [1.82, 2.24) is 9.47 Å². The zero-order valence-corrected chi connectivity index (χ0v) is 12.2. The van der Waals surface area contributed by atoms with E-state index < -0.39 is 0 Å². The van der Waals surface area contributed by atoms with E-state index in [1.807, 2.05) is 23.9 Å². The van der Waals surface area contributed by atoms with Gasteiger partial charge in [0.25, 0.3) is 0 Å². The monoisotopic (exact) mass is 268 g/mol. The smallest absolute Gasteiger partial charge is 0.120 e. The molecule has 2 aromatic rings. The molecule has 0 bridgehead atoms. The fourth-order valence-electron chi connectivity index (χ4n) is 2.14. The molecule has 0 atom stereocenters. The molecule has 1 aromatic heterocycles. The molecule has 0 spiro atoms. The topological polar surface area (TPSA) is 44.0 Å². The maximum atomic E-state index is 8.92. The van der Waals surface area contributed by atoms with E-state index in [-0.39, 0.29) is 0 Å². The lowest BCUT2D eigenvalue weighted by Crippen LogP contribution is -2.10. The number of hydrogen-bond acceptors (Lipinski definition) is 3. The first kappa shape index (κ1) is 14.2. The summed E-state index contributed by atoms with van der Waals surface area (Å²) in [5, 5.41) is 12.3. The molecule has 0 radical (unpaired) electrons. The molecule has 0 saturated heterocycles. The summed E-state index contributed by atoms with van der Waals surface area (Å²) in [5.41, 5.74) is 4.19. The van der Waals surface area contributed by atoms with Gasteiger partial charge in [0.15, 0.2) is 0 Å². The standard InChI is InChI=1S/C16H20N4/c1-19(2)11-13-4-6-15(7-5-13)18-10-14-8-16(9-17)20(3)12-14/h4-8,12,18H,10-11H2,1-3H3. The van der Waals surface area contributed by atoms with Gasteiger partial charge < -0.3 is 14.8 Å². The first-order valence-electron chi connectivity index (χ1n) is 6.61. The molecule has 0 amide bonds. The molecular weight excluding hydrogens is 248 g/mol. The van der Waals surface area contributed by atoms with Crippen molar-refractivity contribution in [2.45, 2.75) is 13.1 Å². The number of nitrogens with one attached hydrogen (secondary N) is 1. The van der Waals surface area contributed by atoms with Crippen LogP contribution in [0.4, 0.5) is 5.69 Å². The van der Waals surface area contributed by atoms with Crippen LogP contribution in [0.5, 0.6) is 0 Å². The molecule has 0 aliphatic carbocycles. The summed E-state index contributed by atoms with van der Waals surface area (Å²) >= 11 is 0. The van der Waals surface area contributed by atoms with Gasteiger partial charge in [0.2, 0.25) is 0 Å². The van der Waals surface area contributed by atoms with E-state index in [4.69, 9.17) is 5.26 Å². The molecule has 4 nitrogen and oxygen atoms in total. The molecule has 104 valence electrons. The van der Waals surface area contributed by atoms with E-state index in [2.05, 4.69) is 54.6 Å². The SMILES string of the molecule is CN(C)Cc1ccc(NCc2cc(C#N)n(C)c2)cc1. The summed E-state index contributed by atoms with van der Waals surface area (Å²) in [6.07, 6.45) is 1.98. The Morgan fingerprint density at radius 3 is 2.45 bits per heavy atom. The Balaban J connectivity index is 1.95. The van der Waals surface area contributed by atoms with Crippen LogP contribution in [-0.4, -0.2) is 23.6 Å². The second kappa shape index (κ2) is 6.27. The van der Waals surface area contributed by atoms with Gasteiger partial charge in [-0.15, -0.1) is 0 Å². The van der Waals surface area contributed by atoms with Crippen LogP contribution in [0.2, 0.25) is 0 Å². The van der Waals surface area contributed by atoms with Gasteiger partial charge >= 0.3 is 0 Å². The molecule has 0 aliphatic heterocycles. The minimum Gasteiger partial charge on any atom is -0.381 e. The fraction of sp³-hybridized carbons (Fsp3) is 0.312. The lowest BCUT2D eigenvalue weighted by atomic mass is 10.2. The molecule has 0 unspecified atom stereocenters. The third kappa shape index (κ3) is 3.62. The van der Waals surface area contributed by atoms with Gasteiger partial charge in [-0.05, 0) is 43.4 Å². The Kier molecular flexibility index (Phi) is 4.44. The minimum atomic E-state index is 0.683. The molecule has 0 aliphatic rings. The lowest BCUT2D eigenvalue weighted by molar-refractivity contribution is 0.402. The van der Waals surface area contributed by atoms with E-state index in [9.17, 15) is 0 Å². The average Bonchev–Trinajstić information content (AvgIpc) is 2.78. The van der Waals surface area contributed by atoms with Crippen molar-refractivity contribution in [3.63, 3.8) is 0 Å². The molecular formula is C16H20N4. The first-order valence-corrected chi connectivity index (χ1v) is 6.61. The Bertz CT molecular complexity index is 602. The summed E-state index contributed by atoms with van der Waals surface area (Å²) in [6.45, 7) is 1.67. The molecule has 20 heavy (non-hydrogen) atoms. The van der Waals surface area contributed by atoms with E-state index in [1.165, 1.54) is 5.56 Å². The van der Waals surface area contributed by atoms with E-state index in [0.29, 0.717) is 5.69 Å². The normalized spacial score (nSPS) is 10.6. The number of benzene rings is 1. The summed E-state index contributed by atoms with van der Waals surface area (Å²) < 4.78 is 1.84. The number of hydrogen-bond donors (Lipinski definition) is 1. The summed E-state index contributed by atoms with van der Waals surface area (Å²) in [5.74, 6) is 0. The van der Waals surface area contributed by atoms with E-state index in [1.54, 1.807) is 0 Å². The van der Waals surface area contributed by atoms with Crippen LogP contribution in [0, 0.1) is 11.3 Å². The molecule has 0 saturated carbocycles. The Morgan fingerprint density at radius 1 is 1.20 bits per heavy atom. The summed E-state index contributed by atoms with van der Waals surface area (Å²) in [4.78, 5) is 2.15. The van der Waals surface area contributed by atoms with Crippen molar-refractivity contribution in [2.75, 3.05) is 19.4 Å². The van der Waals surface area contributed by atoms with Crippen molar-refractivity contribution in [3.8, 4) is 6.07 Å². The fourth-order valence-corrected chi connectivity index (χ4v) is 2.14. The second-order valence-electron chi connectivity index (χ2n) is 5.24. The van der Waals surface area contributed by atoms with Gasteiger partial charge in [-0.1, -0.05) is 12.1 Å². The molecule has 1 heterocycles. The average molecular weight is 268 g/mol. The number of anilines is 1. The molecule has 4 heteroatoms. The lowest BCUT2D eigenvalue weighted by Gasteiger charge is -2.10. The maximum Gasteiger partial charge on any atom is 0.120 e. The van der Waals surface area contributed by atoms with E-state index in [0.717, 1.165) is 24.3 Å². The van der Waals surface area contributed by atoms with Gasteiger partial charge in [0, 0.05) is 32.0 Å². The van der Waals surface area contributed by atoms with Crippen LogP contribution in [0.1, 0.15) is 16.8 Å². The van der Waals surface area contributed by atoms with Crippen LogP contribution in [0.3, 0.4) is 0 Å². The predicted molar refractivity (Wildman–Crippen MR) is 81.3 cm³/mol. The Morgan fingerprint density at radius 2 is 1.90 bits per heavy atom. The zero-order valence-electron chi connectivity index (χ0n) is 12.2. The molecule has 1 N–H and O–H groups in total. The van der Waals surface area contributed by atoms with Crippen LogP contribution in [-0.2, 0) is 20.1 Å². The Hall–Kier alpha value is -2.25.